The van der Waals surface area contributed by atoms with Crippen LogP contribution in [0.15, 0.2) is 30.3 Å². The van der Waals surface area contributed by atoms with Crippen molar-refractivity contribution in [2.45, 2.75) is 13.3 Å². The van der Waals surface area contributed by atoms with E-state index in [0.717, 1.165) is 16.3 Å². The molecule has 0 unspecified atom stereocenters. The van der Waals surface area contributed by atoms with Crippen LogP contribution in [0, 0.1) is 0 Å². The Kier molecular flexibility index (Phi) is 3.51. The van der Waals surface area contributed by atoms with E-state index in [1.54, 1.807) is 0 Å². The third-order valence-corrected chi connectivity index (χ3v) is 3.54. The molecule has 1 aromatic carbocycles. The molecule has 1 aromatic heterocycles. The van der Waals surface area contributed by atoms with Crippen LogP contribution in [0.2, 0.25) is 0 Å². The zero-order chi connectivity index (χ0) is 12.3. The van der Waals surface area contributed by atoms with Crippen LogP contribution in [0.5, 0.6) is 0 Å². The van der Waals surface area contributed by atoms with E-state index < -0.39 is 0 Å². The highest BCUT2D eigenvalue weighted by atomic mass is 32.1. The van der Waals surface area contributed by atoms with E-state index in [1.807, 2.05) is 37.3 Å². The highest BCUT2D eigenvalue weighted by Crippen LogP contribution is 2.28. The fourth-order valence-corrected chi connectivity index (χ4v) is 2.60. The molecule has 2 rings (SSSR count). The summed E-state index contributed by atoms with van der Waals surface area (Å²) in [7, 11) is 0. The molecule has 0 aliphatic rings. The smallest absolute Gasteiger partial charge is 0.277 e. The number of aryl methyl sites for hydroxylation is 1. The third kappa shape index (κ3) is 2.35. The summed E-state index contributed by atoms with van der Waals surface area (Å²) < 4.78 is 0. The molecular formula is C12H13N3OS. The Balaban J connectivity index is 2.45. The van der Waals surface area contributed by atoms with Crippen LogP contribution in [-0.2, 0) is 6.42 Å². The molecule has 0 saturated heterocycles. The molecule has 0 bridgehead atoms. The van der Waals surface area contributed by atoms with Gasteiger partial charge in [0.1, 0.15) is 9.88 Å². The molecule has 0 spiro atoms. The fraction of sp³-hybridized carbons (Fsp3) is 0.167. The summed E-state index contributed by atoms with van der Waals surface area (Å²) in [5, 5.41) is 0.848. The number of aromatic nitrogens is 1. The fourth-order valence-electron chi connectivity index (χ4n) is 1.54. The topological polar surface area (TPSA) is 68.0 Å². The van der Waals surface area contributed by atoms with Crippen LogP contribution in [0.3, 0.4) is 0 Å². The molecule has 1 heterocycles. The Bertz CT molecular complexity index is 522. The molecule has 0 aliphatic carbocycles. The van der Waals surface area contributed by atoms with Crippen LogP contribution >= 0.6 is 11.3 Å². The van der Waals surface area contributed by atoms with Crippen molar-refractivity contribution >= 4 is 17.2 Å². The van der Waals surface area contributed by atoms with Crippen LogP contribution in [0.4, 0.5) is 0 Å². The molecule has 1 amide bonds. The van der Waals surface area contributed by atoms with E-state index in [0.29, 0.717) is 11.3 Å². The van der Waals surface area contributed by atoms with Gasteiger partial charge >= 0.3 is 0 Å². The first-order valence-corrected chi connectivity index (χ1v) is 6.14. The van der Waals surface area contributed by atoms with Crippen molar-refractivity contribution in [1.29, 1.82) is 0 Å². The molecule has 2 aromatic rings. The molecule has 4 nitrogen and oxygen atoms in total. The van der Waals surface area contributed by atoms with Crippen LogP contribution in [-0.4, -0.2) is 10.9 Å². The highest BCUT2D eigenvalue weighted by Gasteiger charge is 2.16. The lowest BCUT2D eigenvalue weighted by Crippen LogP contribution is -2.29. The number of thiazole rings is 1. The number of nitrogens with one attached hydrogen (secondary N) is 1. The number of benzene rings is 1. The minimum atomic E-state index is -0.276. The maximum Gasteiger partial charge on any atom is 0.277 e. The largest absolute Gasteiger partial charge is 0.289 e. The second-order valence-corrected chi connectivity index (χ2v) is 4.49. The van der Waals surface area contributed by atoms with Gasteiger partial charge in [0.15, 0.2) is 0 Å². The summed E-state index contributed by atoms with van der Waals surface area (Å²) in [6.45, 7) is 1.97. The zero-order valence-electron chi connectivity index (χ0n) is 9.43. The van der Waals surface area contributed by atoms with Crippen molar-refractivity contribution in [3.63, 3.8) is 0 Å². The summed E-state index contributed by atoms with van der Waals surface area (Å²) in [4.78, 5) is 16.6. The van der Waals surface area contributed by atoms with Crippen molar-refractivity contribution in [2.24, 2.45) is 5.84 Å². The van der Waals surface area contributed by atoms with Crippen molar-refractivity contribution in [1.82, 2.24) is 10.4 Å². The van der Waals surface area contributed by atoms with Gasteiger partial charge in [-0.25, -0.2) is 10.8 Å². The minimum absolute atomic E-state index is 0.276. The molecule has 0 atom stereocenters. The Hall–Kier alpha value is -1.72. The maximum atomic E-state index is 11.6. The number of hydrogen-bond acceptors (Lipinski definition) is 4. The van der Waals surface area contributed by atoms with Crippen molar-refractivity contribution in [3.05, 3.63) is 40.9 Å². The summed E-state index contributed by atoms with van der Waals surface area (Å²) in [5.41, 5.74) is 3.96. The summed E-state index contributed by atoms with van der Waals surface area (Å²) >= 11 is 1.37. The molecule has 5 heteroatoms. The lowest BCUT2D eigenvalue weighted by Gasteiger charge is -1.95. The molecule has 0 saturated carbocycles. The van der Waals surface area contributed by atoms with Crippen molar-refractivity contribution in [3.8, 4) is 10.6 Å². The SMILES string of the molecule is CCc1nc(-c2ccccc2)sc1C(=O)NN. The molecule has 88 valence electrons. The van der Waals surface area contributed by atoms with E-state index >= 15 is 0 Å². The monoisotopic (exact) mass is 247 g/mol. The van der Waals surface area contributed by atoms with Crippen molar-refractivity contribution in [2.75, 3.05) is 0 Å². The number of nitrogens with two attached hydrogens (primary N) is 1. The molecule has 0 fully saturated rings. The number of carbonyl (C=O) groups excluding carboxylic acids is 1. The second kappa shape index (κ2) is 5.07. The van der Waals surface area contributed by atoms with Gasteiger partial charge in [-0.2, -0.15) is 0 Å². The molecule has 3 N–H and O–H groups in total. The predicted molar refractivity (Wildman–Crippen MR) is 68.6 cm³/mol. The predicted octanol–water partition coefficient (Wildman–Crippen LogP) is 1.98. The van der Waals surface area contributed by atoms with E-state index in [9.17, 15) is 4.79 Å². The first kappa shape index (κ1) is 11.8. The third-order valence-electron chi connectivity index (χ3n) is 2.39. The van der Waals surface area contributed by atoms with Gasteiger partial charge < -0.3 is 0 Å². The van der Waals surface area contributed by atoms with Gasteiger partial charge in [0.05, 0.1) is 5.69 Å². The van der Waals surface area contributed by atoms with E-state index in [4.69, 9.17) is 5.84 Å². The van der Waals surface area contributed by atoms with Gasteiger partial charge in [0.25, 0.3) is 5.91 Å². The van der Waals surface area contributed by atoms with Crippen LogP contribution in [0.1, 0.15) is 22.3 Å². The van der Waals surface area contributed by atoms with Crippen LogP contribution in [0.25, 0.3) is 10.6 Å². The molecule has 0 aliphatic heterocycles. The van der Waals surface area contributed by atoms with E-state index in [2.05, 4.69) is 10.4 Å². The van der Waals surface area contributed by atoms with E-state index in [-0.39, 0.29) is 5.91 Å². The summed E-state index contributed by atoms with van der Waals surface area (Å²) in [6, 6.07) is 9.80. The Morgan fingerprint density at radius 1 is 1.41 bits per heavy atom. The quantitative estimate of drug-likeness (QED) is 0.495. The number of hydrazine groups is 1. The number of nitrogen functional groups attached to an aromatic ring is 1. The summed E-state index contributed by atoms with van der Waals surface area (Å²) in [5.74, 6) is 4.88. The van der Waals surface area contributed by atoms with Gasteiger partial charge in [-0.1, -0.05) is 37.3 Å². The number of carbonyl (C=O) groups is 1. The summed E-state index contributed by atoms with van der Waals surface area (Å²) in [6.07, 6.45) is 0.714. The minimum Gasteiger partial charge on any atom is -0.289 e. The standard InChI is InChI=1S/C12H13N3OS/c1-2-9-10(11(16)15-13)17-12(14-9)8-6-4-3-5-7-8/h3-7H,2,13H2,1H3,(H,15,16). The van der Waals surface area contributed by atoms with Crippen molar-refractivity contribution < 1.29 is 4.79 Å². The number of amides is 1. The Morgan fingerprint density at radius 3 is 2.71 bits per heavy atom. The first-order valence-electron chi connectivity index (χ1n) is 5.32. The lowest BCUT2D eigenvalue weighted by molar-refractivity contribution is 0.0956. The second-order valence-electron chi connectivity index (χ2n) is 3.49. The maximum absolute atomic E-state index is 11.6. The molecule has 0 radical (unpaired) electrons. The average Bonchev–Trinajstić information content (AvgIpc) is 2.83. The number of nitrogens with zero attached hydrogens (tertiary/aromatic N) is 1. The van der Waals surface area contributed by atoms with Gasteiger partial charge in [-0.3, -0.25) is 10.2 Å². The average molecular weight is 247 g/mol. The van der Waals surface area contributed by atoms with Gasteiger partial charge in [0.2, 0.25) is 0 Å². The van der Waals surface area contributed by atoms with Gasteiger partial charge in [-0.15, -0.1) is 11.3 Å². The lowest BCUT2D eigenvalue weighted by atomic mass is 10.2. The normalized spacial score (nSPS) is 10.2. The number of hydrogen-bond donors (Lipinski definition) is 2. The Morgan fingerprint density at radius 2 is 2.12 bits per heavy atom. The molecule has 17 heavy (non-hydrogen) atoms. The number of rotatable bonds is 3. The first-order chi connectivity index (χ1) is 8.26. The van der Waals surface area contributed by atoms with E-state index in [1.165, 1.54) is 11.3 Å². The van der Waals surface area contributed by atoms with Crippen LogP contribution < -0.4 is 11.3 Å². The highest BCUT2D eigenvalue weighted by molar-refractivity contribution is 7.17. The zero-order valence-corrected chi connectivity index (χ0v) is 10.3. The van der Waals surface area contributed by atoms with Gasteiger partial charge in [0, 0.05) is 5.56 Å². The molecular weight excluding hydrogens is 234 g/mol. The Labute approximate surface area is 103 Å². The van der Waals surface area contributed by atoms with Gasteiger partial charge in [-0.05, 0) is 6.42 Å².